The zero-order chi connectivity index (χ0) is 23.6. The third kappa shape index (κ3) is 5.75. The number of hydrogen-bond donors (Lipinski definition) is 2. The molecule has 0 atom stereocenters. The fourth-order valence-corrected chi connectivity index (χ4v) is 4.13. The fraction of sp³-hybridized carbons (Fsp3) is 0.318. The van der Waals surface area contributed by atoms with Crippen molar-refractivity contribution in [3.8, 4) is 0 Å². The van der Waals surface area contributed by atoms with Crippen molar-refractivity contribution in [2.45, 2.75) is 19.0 Å². The SMILES string of the molecule is O=C(c1cn2ccc(C(F)(F)F)cc2n1)N1CCC(CNC(=S)Nc2cccc(Cl)c2)CC1. The number of pyridine rings is 1. The third-order valence-corrected chi connectivity index (χ3v) is 6.02. The van der Waals surface area contributed by atoms with E-state index in [4.69, 9.17) is 23.8 Å². The molecule has 1 fully saturated rings. The summed E-state index contributed by atoms with van der Waals surface area (Å²) in [5, 5.41) is 7.40. The standard InChI is InChI=1S/C22H21ClF3N5OS/c23-16-2-1-3-17(11-16)28-21(33)27-12-14-4-7-30(8-5-14)20(32)18-13-31-9-6-15(22(24,25)26)10-19(31)29-18/h1-3,6,9-11,13-14H,4-5,7-8,12H2,(H2,27,28,33). The van der Waals surface area contributed by atoms with Gasteiger partial charge >= 0.3 is 6.18 Å². The van der Waals surface area contributed by atoms with Crippen LogP contribution in [0.15, 0.2) is 48.8 Å². The zero-order valence-corrected chi connectivity index (χ0v) is 19.0. The van der Waals surface area contributed by atoms with Gasteiger partial charge in [0, 0.05) is 42.7 Å². The Morgan fingerprint density at radius 3 is 2.67 bits per heavy atom. The van der Waals surface area contributed by atoms with Crippen molar-refractivity contribution in [2.24, 2.45) is 5.92 Å². The maximum absolute atomic E-state index is 12.9. The first kappa shape index (κ1) is 23.3. The number of aromatic nitrogens is 2. The van der Waals surface area contributed by atoms with E-state index >= 15 is 0 Å². The zero-order valence-electron chi connectivity index (χ0n) is 17.4. The summed E-state index contributed by atoms with van der Waals surface area (Å²) in [5.74, 6) is 0.0559. The number of benzene rings is 1. The molecule has 0 spiro atoms. The van der Waals surface area contributed by atoms with E-state index in [1.54, 1.807) is 17.0 Å². The smallest absolute Gasteiger partial charge is 0.362 e. The van der Waals surface area contributed by atoms with Crippen LogP contribution < -0.4 is 10.6 Å². The molecule has 3 aromatic rings. The van der Waals surface area contributed by atoms with E-state index in [2.05, 4.69) is 15.6 Å². The molecule has 33 heavy (non-hydrogen) atoms. The molecule has 0 unspecified atom stereocenters. The van der Waals surface area contributed by atoms with Crippen LogP contribution in [0.1, 0.15) is 28.9 Å². The summed E-state index contributed by atoms with van der Waals surface area (Å²) in [4.78, 5) is 18.6. The van der Waals surface area contributed by atoms with Crippen LogP contribution in [0.5, 0.6) is 0 Å². The summed E-state index contributed by atoms with van der Waals surface area (Å²) >= 11 is 11.3. The van der Waals surface area contributed by atoms with Crippen molar-refractivity contribution in [1.82, 2.24) is 19.6 Å². The highest BCUT2D eigenvalue weighted by Gasteiger charge is 2.31. The number of nitrogens with one attached hydrogen (secondary N) is 2. The highest BCUT2D eigenvalue weighted by molar-refractivity contribution is 7.80. The number of carbonyl (C=O) groups is 1. The van der Waals surface area contributed by atoms with Crippen LogP contribution in [-0.4, -0.2) is 44.9 Å². The maximum atomic E-state index is 12.9. The van der Waals surface area contributed by atoms with Crippen molar-refractivity contribution < 1.29 is 18.0 Å². The Bertz CT molecular complexity index is 1170. The molecular formula is C22H21ClF3N5OS. The van der Waals surface area contributed by atoms with Gasteiger partial charge in [0.2, 0.25) is 0 Å². The Morgan fingerprint density at radius 1 is 1.21 bits per heavy atom. The van der Waals surface area contributed by atoms with Crippen LogP contribution in [0.25, 0.3) is 5.65 Å². The molecule has 6 nitrogen and oxygen atoms in total. The number of carbonyl (C=O) groups excluding carboxylic acids is 1. The summed E-state index contributed by atoms with van der Waals surface area (Å²) in [6.07, 6.45) is -0.167. The Kier molecular flexibility index (Phi) is 6.76. The molecule has 1 aromatic carbocycles. The van der Waals surface area contributed by atoms with Crippen LogP contribution in [0, 0.1) is 5.92 Å². The van der Waals surface area contributed by atoms with Gasteiger partial charge in [-0.05, 0) is 61.3 Å². The van der Waals surface area contributed by atoms with Crippen molar-refractivity contribution in [1.29, 1.82) is 0 Å². The second-order valence-electron chi connectivity index (χ2n) is 7.89. The molecular weight excluding hydrogens is 475 g/mol. The molecule has 174 valence electrons. The van der Waals surface area contributed by atoms with E-state index in [1.807, 2.05) is 12.1 Å². The summed E-state index contributed by atoms with van der Waals surface area (Å²) in [7, 11) is 0. The minimum atomic E-state index is -4.46. The number of nitrogens with zero attached hydrogens (tertiary/aromatic N) is 3. The third-order valence-electron chi connectivity index (χ3n) is 5.54. The number of amides is 1. The molecule has 0 radical (unpaired) electrons. The first-order valence-corrected chi connectivity index (χ1v) is 11.1. The average molecular weight is 496 g/mol. The molecule has 0 saturated carbocycles. The topological polar surface area (TPSA) is 61.7 Å². The molecule has 1 aliphatic rings. The van der Waals surface area contributed by atoms with Gasteiger partial charge in [0.05, 0.1) is 5.56 Å². The number of rotatable bonds is 4. The number of anilines is 1. The number of alkyl halides is 3. The monoisotopic (exact) mass is 495 g/mol. The minimum Gasteiger partial charge on any atom is -0.362 e. The van der Waals surface area contributed by atoms with Crippen molar-refractivity contribution in [3.63, 3.8) is 0 Å². The summed E-state index contributed by atoms with van der Waals surface area (Å²) in [6, 6.07) is 9.17. The Morgan fingerprint density at radius 2 is 1.97 bits per heavy atom. The largest absolute Gasteiger partial charge is 0.416 e. The van der Waals surface area contributed by atoms with E-state index in [0.717, 1.165) is 30.7 Å². The van der Waals surface area contributed by atoms with Gasteiger partial charge in [0.15, 0.2) is 5.11 Å². The Balaban J connectivity index is 1.28. The second-order valence-corrected chi connectivity index (χ2v) is 8.73. The first-order valence-electron chi connectivity index (χ1n) is 10.3. The van der Waals surface area contributed by atoms with Gasteiger partial charge in [-0.15, -0.1) is 0 Å². The van der Waals surface area contributed by atoms with Gasteiger partial charge in [-0.3, -0.25) is 4.79 Å². The molecule has 11 heteroatoms. The minimum absolute atomic E-state index is 0.0907. The summed E-state index contributed by atoms with van der Waals surface area (Å²) in [6.45, 7) is 1.76. The van der Waals surface area contributed by atoms with Crippen LogP contribution in [-0.2, 0) is 6.18 Å². The number of hydrogen-bond acceptors (Lipinski definition) is 3. The van der Waals surface area contributed by atoms with Gasteiger partial charge in [-0.2, -0.15) is 13.2 Å². The fourth-order valence-electron chi connectivity index (χ4n) is 3.74. The van der Waals surface area contributed by atoms with E-state index in [9.17, 15) is 18.0 Å². The second kappa shape index (κ2) is 9.56. The first-order chi connectivity index (χ1) is 15.7. The van der Waals surface area contributed by atoms with Gasteiger partial charge in [0.25, 0.3) is 5.91 Å². The van der Waals surface area contributed by atoms with Crippen molar-refractivity contribution in [2.75, 3.05) is 25.0 Å². The molecule has 1 saturated heterocycles. The molecule has 0 aliphatic carbocycles. The van der Waals surface area contributed by atoms with E-state index in [1.165, 1.54) is 16.8 Å². The predicted octanol–water partition coefficient (Wildman–Crippen LogP) is 4.85. The predicted molar refractivity (Wildman–Crippen MR) is 124 cm³/mol. The number of halogens is 4. The number of imidazole rings is 1. The highest BCUT2D eigenvalue weighted by atomic mass is 35.5. The quantitative estimate of drug-likeness (QED) is 0.507. The molecule has 4 rings (SSSR count). The number of piperidine rings is 1. The molecule has 2 N–H and O–H groups in total. The van der Waals surface area contributed by atoms with Crippen LogP contribution in [0.2, 0.25) is 5.02 Å². The van der Waals surface area contributed by atoms with Gasteiger partial charge in [0.1, 0.15) is 11.3 Å². The Labute approximate surface area is 198 Å². The summed E-state index contributed by atoms with van der Waals surface area (Å²) < 4.78 is 40.2. The van der Waals surface area contributed by atoms with Crippen molar-refractivity contribution >= 4 is 46.2 Å². The molecule has 1 aliphatic heterocycles. The van der Waals surface area contributed by atoms with Crippen LogP contribution in [0.4, 0.5) is 18.9 Å². The van der Waals surface area contributed by atoms with E-state index in [0.29, 0.717) is 35.7 Å². The lowest BCUT2D eigenvalue weighted by Crippen LogP contribution is -2.42. The van der Waals surface area contributed by atoms with E-state index in [-0.39, 0.29) is 17.2 Å². The Hall–Kier alpha value is -2.85. The van der Waals surface area contributed by atoms with Crippen LogP contribution in [0.3, 0.4) is 0 Å². The average Bonchev–Trinajstić information content (AvgIpc) is 3.20. The van der Waals surface area contributed by atoms with Gasteiger partial charge < -0.3 is 19.9 Å². The number of likely N-dealkylation sites (tertiary alicyclic amines) is 1. The molecule has 0 bridgehead atoms. The van der Waals surface area contributed by atoms with Gasteiger partial charge in [-0.1, -0.05) is 17.7 Å². The van der Waals surface area contributed by atoms with Crippen molar-refractivity contribution in [3.05, 3.63) is 65.1 Å². The van der Waals surface area contributed by atoms with E-state index < -0.39 is 11.7 Å². The maximum Gasteiger partial charge on any atom is 0.416 e. The van der Waals surface area contributed by atoms with Gasteiger partial charge in [-0.25, -0.2) is 4.98 Å². The lowest BCUT2D eigenvalue weighted by atomic mass is 9.96. The molecule has 1 amide bonds. The molecule has 3 heterocycles. The highest BCUT2D eigenvalue weighted by Crippen LogP contribution is 2.29. The lowest BCUT2D eigenvalue weighted by molar-refractivity contribution is -0.137. The number of fused-ring (bicyclic) bond motifs is 1. The number of thiocarbonyl (C=S) groups is 1. The summed E-state index contributed by atoms with van der Waals surface area (Å²) in [5.41, 5.74) is 0.233. The lowest BCUT2D eigenvalue weighted by Gasteiger charge is -2.31. The van der Waals surface area contributed by atoms with Crippen LogP contribution >= 0.6 is 23.8 Å². The molecule has 2 aromatic heterocycles. The normalized spacial score (nSPS) is 15.0.